The number of carboxylic acid groups (broad SMARTS) is 1. The van der Waals surface area contributed by atoms with Gasteiger partial charge in [-0.15, -0.1) is 0 Å². The molecule has 0 radical (unpaired) electrons. The predicted octanol–water partition coefficient (Wildman–Crippen LogP) is 0.0609. The maximum absolute atomic E-state index is 11.7. The Bertz CT molecular complexity index is 254. The first-order valence-electron chi connectivity index (χ1n) is 5.40. The molecule has 1 aliphatic rings. The van der Waals surface area contributed by atoms with E-state index in [1.165, 1.54) is 0 Å². The monoisotopic (exact) mass is 246 g/mol. The van der Waals surface area contributed by atoms with Crippen molar-refractivity contribution in [2.24, 2.45) is 0 Å². The van der Waals surface area contributed by atoms with E-state index in [0.29, 0.717) is 6.42 Å². The molecule has 2 atom stereocenters. The minimum atomic E-state index is -0.958. The Morgan fingerprint density at radius 1 is 1.62 bits per heavy atom. The van der Waals surface area contributed by atoms with Crippen LogP contribution in [-0.2, 0) is 9.59 Å². The molecule has 5 nitrogen and oxygen atoms in total. The molecule has 92 valence electrons. The standard InChI is InChI=1S/C10H18N2O3S/c1-16-6-4-8(10(14)15)12-9(13)7-3-2-5-11-7/h7-8,11H,2-6H2,1H3,(H,12,13)(H,14,15)/t7-,8?/m0/s1. The third-order valence-electron chi connectivity index (χ3n) is 2.60. The van der Waals surface area contributed by atoms with Gasteiger partial charge in [0.05, 0.1) is 6.04 Å². The fourth-order valence-electron chi connectivity index (χ4n) is 1.67. The lowest BCUT2D eigenvalue weighted by molar-refractivity contribution is -0.142. The van der Waals surface area contributed by atoms with Crippen molar-refractivity contribution in [3.8, 4) is 0 Å². The summed E-state index contributed by atoms with van der Waals surface area (Å²) in [4.78, 5) is 22.6. The van der Waals surface area contributed by atoms with Crippen LogP contribution >= 0.6 is 11.8 Å². The van der Waals surface area contributed by atoms with Crippen molar-refractivity contribution < 1.29 is 14.7 Å². The van der Waals surface area contributed by atoms with Gasteiger partial charge in [-0.1, -0.05) is 0 Å². The molecular weight excluding hydrogens is 228 g/mol. The van der Waals surface area contributed by atoms with E-state index in [9.17, 15) is 9.59 Å². The summed E-state index contributed by atoms with van der Waals surface area (Å²) in [6.07, 6.45) is 4.15. The Morgan fingerprint density at radius 3 is 2.88 bits per heavy atom. The van der Waals surface area contributed by atoms with Gasteiger partial charge in [0.25, 0.3) is 0 Å². The van der Waals surface area contributed by atoms with Crippen molar-refractivity contribution in [1.29, 1.82) is 0 Å². The Balaban J connectivity index is 2.40. The normalized spacial score (nSPS) is 21.7. The summed E-state index contributed by atoms with van der Waals surface area (Å²) in [6.45, 7) is 0.834. The van der Waals surface area contributed by atoms with E-state index >= 15 is 0 Å². The number of carbonyl (C=O) groups excluding carboxylic acids is 1. The molecule has 1 amide bonds. The average molecular weight is 246 g/mol. The van der Waals surface area contributed by atoms with Gasteiger partial charge in [0, 0.05) is 0 Å². The average Bonchev–Trinajstić information content (AvgIpc) is 2.76. The molecule has 0 spiro atoms. The van der Waals surface area contributed by atoms with Crippen molar-refractivity contribution in [3.63, 3.8) is 0 Å². The summed E-state index contributed by atoms with van der Waals surface area (Å²) < 4.78 is 0. The maximum atomic E-state index is 11.7. The van der Waals surface area contributed by atoms with E-state index in [1.54, 1.807) is 11.8 Å². The Morgan fingerprint density at radius 2 is 2.38 bits per heavy atom. The van der Waals surface area contributed by atoms with Crippen LogP contribution < -0.4 is 10.6 Å². The molecule has 3 N–H and O–H groups in total. The molecule has 1 fully saturated rings. The first kappa shape index (κ1) is 13.3. The zero-order valence-corrected chi connectivity index (χ0v) is 10.2. The van der Waals surface area contributed by atoms with Crippen LogP contribution in [0, 0.1) is 0 Å². The number of amides is 1. The largest absolute Gasteiger partial charge is 0.480 e. The lowest BCUT2D eigenvalue weighted by atomic mass is 10.1. The molecule has 0 bridgehead atoms. The van der Waals surface area contributed by atoms with Gasteiger partial charge in [-0.25, -0.2) is 4.79 Å². The second-order valence-electron chi connectivity index (χ2n) is 3.83. The lowest BCUT2D eigenvalue weighted by Crippen LogP contribution is -2.48. The predicted molar refractivity (Wildman–Crippen MR) is 63.6 cm³/mol. The van der Waals surface area contributed by atoms with E-state index in [1.807, 2.05) is 6.26 Å². The topological polar surface area (TPSA) is 78.4 Å². The summed E-state index contributed by atoms with van der Waals surface area (Å²) in [7, 11) is 0. The van der Waals surface area contributed by atoms with Crippen LogP contribution in [0.25, 0.3) is 0 Å². The fraction of sp³-hybridized carbons (Fsp3) is 0.800. The Hall–Kier alpha value is -0.750. The van der Waals surface area contributed by atoms with E-state index in [2.05, 4.69) is 10.6 Å². The van der Waals surface area contributed by atoms with Crippen LogP contribution in [0.3, 0.4) is 0 Å². The van der Waals surface area contributed by atoms with E-state index in [-0.39, 0.29) is 11.9 Å². The van der Waals surface area contributed by atoms with E-state index in [4.69, 9.17) is 5.11 Å². The van der Waals surface area contributed by atoms with Gasteiger partial charge in [-0.2, -0.15) is 11.8 Å². The van der Waals surface area contributed by atoms with Gasteiger partial charge >= 0.3 is 5.97 Å². The van der Waals surface area contributed by atoms with E-state index in [0.717, 1.165) is 25.1 Å². The molecule has 1 saturated heterocycles. The smallest absolute Gasteiger partial charge is 0.326 e. The van der Waals surface area contributed by atoms with Gasteiger partial charge < -0.3 is 15.7 Å². The molecule has 0 aromatic carbocycles. The van der Waals surface area contributed by atoms with Crippen LogP contribution in [-0.4, -0.2) is 47.6 Å². The lowest BCUT2D eigenvalue weighted by Gasteiger charge is -2.17. The highest BCUT2D eigenvalue weighted by Gasteiger charge is 2.26. The highest BCUT2D eigenvalue weighted by Crippen LogP contribution is 2.06. The Labute approximate surface area is 99.4 Å². The number of hydrogen-bond donors (Lipinski definition) is 3. The van der Waals surface area contributed by atoms with Crippen molar-refractivity contribution in [2.45, 2.75) is 31.3 Å². The summed E-state index contributed by atoms with van der Waals surface area (Å²) in [6, 6.07) is -0.974. The van der Waals surface area contributed by atoms with Crippen LogP contribution in [0.5, 0.6) is 0 Å². The number of hydrogen-bond acceptors (Lipinski definition) is 4. The second kappa shape index (κ2) is 6.75. The van der Waals surface area contributed by atoms with Gasteiger partial charge in [0.1, 0.15) is 6.04 Å². The summed E-state index contributed by atoms with van der Waals surface area (Å²) in [5.74, 6) is -0.415. The highest BCUT2D eigenvalue weighted by atomic mass is 32.2. The first-order valence-corrected chi connectivity index (χ1v) is 6.80. The van der Waals surface area contributed by atoms with Crippen molar-refractivity contribution in [3.05, 3.63) is 0 Å². The fourth-order valence-corrected chi connectivity index (χ4v) is 2.15. The van der Waals surface area contributed by atoms with E-state index < -0.39 is 12.0 Å². The minimum absolute atomic E-state index is 0.189. The van der Waals surface area contributed by atoms with Gasteiger partial charge in [0.15, 0.2) is 0 Å². The minimum Gasteiger partial charge on any atom is -0.480 e. The van der Waals surface area contributed by atoms with Gasteiger partial charge in [0.2, 0.25) is 5.91 Å². The highest BCUT2D eigenvalue weighted by molar-refractivity contribution is 7.98. The number of rotatable bonds is 6. The molecule has 1 aliphatic heterocycles. The molecule has 0 saturated carbocycles. The molecule has 1 unspecified atom stereocenters. The van der Waals surface area contributed by atoms with Crippen LogP contribution in [0.2, 0.25) is 0 Å². The van der Waals surface area contributed by atoms with Crippen LogP contribution in [0.4, 0.5) is 0 Å². The zero-order chi connectivity index (χ0) is 12.0. The molecule has 0 aromatic rings. The summed E-state index contributed by atoms with van der Waals surface area (Å²) in [5.41, 5.74) is 0. The molecule has 1 heterocycles. The first-order chi connectivity index (χ1) is 7.65. The molecule has 0 aliphatic carbocycles. The number of thioether (sulfide) groups is 1. The van der Waals surface area contributed by atoms with Crippen molar-refractivity contribution in [1.82, 2.24) is 10.6 Å². The van der Waals surface area contributed by atoms with Crippen LogP contribution in [0.15, 0.2) is 0 Å². The quantitative estimate of drug-likeness (QED) is 0.618. The summed E-state index contributed by atoms with van der Waals surface area (Å²) >= 11 is 1.58. The third-order valence-corrected chi connectivity index (χ3v) is 3.25. The molecule has 0 aromatic heterocycles. The van der Waals surface area contributed by atoms with Gasteiger partial charge in [-0.3, -0.25) is 4.79 Å². The number of carboxylic acids is 1. The maximum Gasteiger partial charge on any atom is 0.326 e. The zero-order valence-electron chi connectivity index (χ0n) is 9.36. The third kappa shape index (κ3) is 4.02. The summed E-state index contributed by atoms with van der Waals surface area (Å²) in [5, 5.41) is 14.6. The van der Waals surface area contributed by atoms with Crippen molar-refractivity contribution >= 4 is 23.6 Å². The van der Waals surface area contributed by atoms with Gasteiger partial charge in [-0.05, 0) is 37.8 Å². The molecular formula is C10H18N2O3S. The SMILES string of the molecule is CSCCC(NC(=O)[C@@H]1CCCN1)C(=O)O. The Kier molecular flexibility index (Phi) is 5.62. The molecule has 1 rings (SSSR count). The number of nitrogens with one attached hydrogen (secondary N) is 2. The molecule has 6 heteroatoms. The number of carbonyl (C=O) groups is 2. The second-order valence-corrected chi connectivity index (χ2v) is 4.82. The van der Waals surface area contributed by atoms with Crippen molar-refractivity contribution in [2.75, 3.05) is 18.6 Å². The number of aliphatic carboxylic acids is 1. The van der Waals surface area contributed by atoms with Crippen LogP contribution in [0.1, 0.15) is 19.3 Å². The molecule has 16 heavy (non-hydrogen) atoms.